The molecule has 0 atom stereocenters. The summed E-state index contributed by atoms with van der Waals surface area (Å²) in [6.07, 6.45) is 3.71. The number of H-pyrrole nitrogens is 1. The topological polar surface area (TPSA) is 96.0 Å². The van der Waals surface area contributed by atoms with Gasteiger partial charge in [0.15, 0.2) is 11.9 Å². The van der Waals surface area contributed by atoms with Gasteiger partial charge in [-0.3, -0.25) is 15.7 Å². The van der Waals surface area contributed by atoms with E-state index in [-0.39, 0.29) is 11.9 Å². The highest BCUT2D eigenvalue weighted by Crippen LogP contribution is 2.02. The van der Waals surface area contributed by atoms with E-state index in [0.29, 0.717) is 6.54 Å². The van der Waals surface area contributed by atoms with E-state index in [1.165, 1.54) is 4.90 Å². The molecule has 15 heavy (non-hydrogen) atoms. The maximum absolute atomic E-state index is 7.75. The van der Waals surface area contributed by atoms with Crippen LogP contribution >= 0.6 is 0 Å². The molecule has 0 bridgehead atoms. The first kappa shape index (κ1) is 11.1. The van der Waals surface area contributed by atoms with Gasteiger partial charge in [-0.15, -0.1) is 0 Å². The smallest absolute Gasteiger partial charge is 0.200 e. The van der Waals surface area contributed by atoms with Crippen molar-refractivity contribution < 1.29 is 0 Å². The van der Waals surface area contributed by atoms with Crippen LogP contribution in [0.1, 0.15) is 5.56 Å². The van der Waals surface area contributed by atoms with Crippen LogP contribution in [0.25, 0.3) is 0 Å². The van der Waals surface area contributed by atoms with Crippen LogP contribution < -0.4 is 5.73 Å². The lowest BCUT2D eigenvalue weighted by Gasteiger charge is -2.26. The Balaban J connectivity index is 2.57. The Kier molecular flexibility index (Phi) is 3.33. The zero-order valence-corrected chi connectivity index (χ0v) is 8.91. The molecule has 6 heteroatoms. The highest BCUT2D eigenvalue weighted by Gasteiger charge is 2.12. The first-order valence-corrected chi connectivity index (χ1v) is 4.51. The number of nitrogens with two attached hydrogens (primary N) is 1. The Hall–Kier alpha value is -1.98. The number of nitrogens with one attached hydrogen (secondary N) is 3. The summed E-state index contributed by atoms with van der Waals surface area (Å²) in [5, 5.41) is 15.0. The lowest BCUT2D eigenvalue weighted by Crippen LogP contribution is -2.45. The molecule has 0 saturated heterocycles. The van der Waals surface area contributed by atoms with E-state index in [2.05, 4.69) is 4.98 Å². The molecule has 82 valence electrons. The predicted octanol–water partition coefficient (Wildman–Crippen LogP) is 0.207. The predicted molar refractivity (Wildman–Crippen MR) is 59.7 cm³/mol. The molecule has 1 rings (SSSR count). The van der Waals surface area contributed by atoms with Gasteiger partial charge in [-0.1, -0.05) is 0 Å². The van der Waals surface area contributed by atoms with Gasteiger partial charge in [0, 0.05) is 33.0 Å². The van der Waals surface area contributed by atoms with Crippen molar-refractivity contribution in [2.45, 2.75) is 6.54 Å². The van der Waals surface area contributed by atoms with Crippen molar-refractivity contribution in [3.8, 4) is 0 Å². The van der Waals surface area contributed by atoms with Gasteiger partial charge in [0.2, 0.25) is 0 Å². The molecule has 1 heterocycles. The average molecular weight is 208 g/mol. The molecule has 0 aromatic carbocycles. The maximum atomic E-state index is 7.75. The van der Waals surface area contributed by atoms with E-state index in [4.69, 9.17) is 16.6 Å². The summed E-state index contributed by atoms with van der Waals surface area (Å²) in [6, 6.07) is 1.94. The molecule has 0 amide bonds. The van der Waals surface area contributed by atoms with Gasteiger partial charge in [0.1, 0.15) is 0 Å². The third-order valence-electron chi connectivity index (χ3n) is 2.12. The Morgan fingerprint density at radius 3 is 2.60 bits per heavy atom. The number of hydrogen-bond acceptors (Lipinski definition) is 2. The van der Waals surface area contributed by atoms with Gasteiger partial charge in [-0.05, 0) is 11.6 Å². The van der Waals surface area contributed by atoms with Gasteiger partial charge < -0.3 is 15.6 Å². The summed E-state index contributed by atoms with van der Waals surface area (Å²) in [4.78, 5) is 5.97. The second-order valence-electron chi connectivity index (χ2n) is 3.34. The highest BCUT2D eigenvalue weighted by atomic mass is 15.4. The molecule has 0 aliphatic carbocycles. The zero-order valence-electron chi connectivity index (χ0n) is 8.91. The fourth-order valence-corrected chi connectivity index (χ4v) is 1.18. The van der Waals surface area contributed by atoms with Crippen LogP contribution in [0, 0.1) is 10.8 Å². The average Bonchev–Trinajstić information content (AvgIpc) is 2.67. The van der Waals surface area contributed by atoms with Crippen molar-refractivity contribution in [3.63, 3.8) is 0 Å². The van der Waals surface area contributed by atoms with E-state index in [0.717, 1.165) is 5.56 Å². The number of rotatable bonds is 2. The van der Waals surface area contributed by atoms with E-state index in [1.807, 2.05) is 18.5 Å². The summed E-state index contributed by atoms with van der Waals surface area (Å²) in [6.45, 7) is 0.611. The lowest BCUT2D eigenvalue weighted by atomic mass is 10.3. The van der Waals surface area contributed by atoms with E-state index in [1.54, 1.807) is 19.0 Å². The third kappa shape index (κ3) is 2.73. The molecule has 0 aliphatic heterocycles. The van der Waals surface area contributed by atoms with Crippen LogP contribution in [0.4, 0.5) is 0 Å². The van der Waals surface area contributed by atoms with Gasteiger partial charge >= 0.3 is 0 Å². The van der Waals surface area contributed by atoms with Gasteiger partial charge in [0.25, 0.3) is 0 Å². The SMILES string of the molecule is CN(Cc1cc[nH]c1)C(=N)N(C)C(=N)N. The molecule has 5 N–H and O–H groups in total. The van der Waals surface area contributed by atoms with Crippen LogP contribution in [-0.2, 0) is 6.54 Å². The molecule has 0 saturated carbocycles. The second kappa shape index (κ2) is 4.50. The molecular formula is C9H16N6. The van der Waals surface area contributed by atoms with Crippen molar-refractivity contribution in [1.29, 1.82) is 10.8 Å². The van der Waals surface area contributed by atoms with Crippen molar-refractivity contribution in [2.24, 2.45) is 5.73 Å². The summed E-state index contributed by atoms with van der Waals surface area (Å²) in [5.74, 6) is 0.0598. The molecule has 0 aliphatic rings. The van der Waals surface area contributed by atoms with Crippen LogP contribution in [0.15, 0.2) is 18.5 Å². The first-order valence-electron chi connectivity index (χ1n) is 4.51. The first-order chi connectivity index (χ1) is 7.02. The number of nitrogens with zero attached hydrogens (tertiary/aromatic N) is 2. The van der Waals surface area contributed by atoms with Gasteiger partial charge in [-0.25, -0.2) is 0 Å². The number of guanidine groups is 2. The Morgan fingerprint density at radius 2 is 2.13 bits per heavy atom. The molecule has 0 unspecified atom stereocenters. The summed E-state index contributed by atoms with van der Waals surface area (Å²) < 4.78 is 0. The zero-order chi connectivity index (χ0) is 11.4. The normalized spacial score (nSPS) is 9.73. The summed E-state index contributed by atoms with van der Waals surface area (Å²) in [7, 11) is 3.38. The monoisotopic (exact) mass is 208 g/mol. The van der Waals surface area contributed by atoms with Crippen LogP contribution in [0.3, 0.4) is 0 Å². The number of aromatic nitrogens is 1. The largest absolute Gasteiger partial charge is 0.370 e. The summed E-state index contributed by atoms with van der Waals surface area (Å²) in [5.41, 5.74) is 6.37. The van der Waals surface area contributed by atoms with Crippen molar-refractivity contribution in [1.82, 2.24) is 14.8 Å². The van der Waals surface area contributed by atoms with Crippen molar-refractivity contribution in [3.05, 3.63) is 24.0 Å². The fraction of sp³-hybridized carbons (Fsp3) is 0.333. The molecule has 0 radical (unpaired) electrons. The van der Waals surface area contributed by atoms with Crippen LogP contribution in [0.5, 0.6) is 0 Å². The number of hydrogen-bond donors (Lipinski definition) is 4. The minimum absolute atomic E-state index is 0.138. The third-order valence-corrected chi connectivity index (χ3v) is 2.12. The Bertz CT molecular complexity index is 341. The van der Waals surface area contributed by atoms with Gasteiger partial charge in [0.05, 0.1) is 0 Å². The van der Waals surface area contributed by atoms with Crippen LogP contribution in [0.2, 0.25) is 0 Å². The molecule has 0 fully saturated rings. The summed E-state index contributed by atoms with van der Waals surface area (Å²) >= 11 is 0. The fourth-order valence-electron chi connectivity index (χ4n) is 1.18. The maximum Gasteiger partial charge on any atom is 0.200 e. The quantitative estimate of drug-likeness (QED) is 0.413. The minimum atomic E-state index is -0.138. The van der Waals surface area contributed by atoms with E-state index < -0.39 is 0 Å². The van der Waals surface area contributed by atoms with E-state index >= 15 is 0 Å². The standard InChI is InChI=1S/C9H16N6/c1-14(6-7-3-4-13-5-7)9(12)15(2)8(10)11/h3-5,12-13H,6H2,1-2H3,(H3,10,11). The Morgan fingerprint density at radius 1 is 1.47 bits per heavy atom. The highest BCUT2D eigenvalue weighted by molar-refractivity contribution is 5.94. The number of aromatic amines is 1. The second-order valence-corrected chi connectivity index (χ2v) is 3.34. The van der Waals surface area contributed by atoms with Gasteiger partial charge in [-0.2, -0.15) is 0 Å². The van der Waals surface area contributed by atoms with Crippen molar-refractivity contribution >= 4 is 11.9 Å². The Labute approximate surface area is 88.7 Å². The molecule has 1 aromatic heterocycles. The molecular weight excluding hydrogens is 192 g/mol. The lowest BCUT2D eigenvalue weighted by molar-refractivity contribution is 0.441. The van der Waals surface area contributed by atoms with E-state index in [9.17, 15) is 0 Å². The molecule has 0 spiro atoms. The van der Waals surface area contributed by atoms with Crippen LogP contribution in [-0.4, -0.2) is 40.8 Å². The molecule has 6 nitrogen and oxygen atoms in total. The van der Waals surface area contributed by atoms with Crippen molar-refractivity contribution in [2.75, 3.05) is 14.1 Å². The minimum Gasteiger partial charge on any atom is -0.370 e. The molecule has 1 aromatic rings.